The van der Waals surface area contributed by atoms with Gasteiger partial charge in [0.05, 0.1) is 0 Å². The Kier molecular flexibility index (Phi) is 6.65. The lowest BCUT2D eigenvalue weighted by Gasteiger charge is -2.26. The molecule has 0 unspecified atom stereocenters. The zero-order valence-corrected chi connectivity index (χ0v) is 12.5. The number of aromatic nitrogens is 1. The van der Waals surface area contributed by atoms with Crippen molar-refractivity contribution in [2.45, 2.75) is 45.7 Å². The molecule has 0 aromatic carbocycles. The maximum atomic E-state index is 12.2. The highest BCUT2D eigenvalue weighted by atomic mass is 16.4. The molecule has 0 bridgehead atoms. The van der Waals surface area contributed by atoms with Crippen LogP contribution in [0.1, 0.15) is 33.1 Å². The van der Waals surface area contributed by atoms with Gasteiger partial charge in [0.2, 0.25) is 5.91 Å². The lowest BCUT2D eigenvalue weighted by atomic mass is 10.2. The Morgan fingerprint density at radius 2 is 2.00 bits per heavy atom. The van der Waals surface area contributed by atoms with E-state index in [2.05, 4.69) is 0 Å². The second-order valence-electron chi connectivity index (χ2n) is 5.16. The lowest BCUT2D eigenvalue weighted by Crippen LogP contribution is -2.38. The first-order chi connectivity index (χ1) is 9.91. The molecule has 6 nitrogen and oxygen atoms in total. The van der Waals surface area contributed by atoms with E-state index in [1.54, 1.807) is 23.2 Å². The Morgan fingerprint density at radius 1 is 1.29 bits per heavy atom. The van der Waals surface area contributed by atoms with Crippen LogP contribution in [-0.2, 0) is 16.1 Å². The van der Waals surface area contributed by atoms with Crippen LogP contribution < -0.4 is 5.56 Å². The van der Waals surface area contributed by atoms with E-state index in [-0.39, 0.29) is 30.3 Å². The van der Waals surface area contributed by atoms with Crippen LogP contribution in [0.15, 0.2) is 29.2 Å². The number of aryl methyl sites for hydroxylation is 1. The number of carboxylic acid groups (broad SMARTS) is 1. The van der Waals surface area contributed by atoms with Gasteiger partial charge in [-0.1, -0.05) is 6.07 Å². The molecule has 0 aliphatic rings. The first-order valence-corrected chi connectivity index (χ1v) is 7.08. The number of amides is 1. The van der Waals surface area contributed by atoms with Crippen LogP contribution >= 0.6 is 0 Å². The van der Waals surface area contributed by atoms with Gasteiger partial charge in [-0.3, -0.25) is 14.4 Å². The van der Waals surface area contributed by atoms with Gasteiger partial charge in [0.25, 0.3) is 5.56 Å². The molecule has 0 radical (unpaired) electrons. The van der Waals surface area contributed by atoms with Crippen molar-refractivity contribution in [3.63, 3.8) is 0 Å². The number of aliphatic carboxylic acids is 1. The van der Waals surface area contributed by atoms with Crippen molar-refractivity contribution < 1.29 is 14.7 Å². The van der Waals surface area contributed by atoms with Crippen LogP contribution in [-0.4, -0.2) is 39.0 Å². The first kappa shape index (κ1) is 16.9. The summed E-state index contributed by atoms with van der Waals surface area (Å²) in [7, 11) is 0. The number of hydrogen-bond donors (Lipinski definition) is 1. The number of pyridine rings is 1. The zero-order chi connectivity index (χ0) is 15.8. The molecule has 0 spiro atoms. The minimum atomic E-state index is -0.859. The summed E-state index contributed by atoms with van der Waals surface area (Å²) in [6, 6.07) is 4.88. The van der Waals surface area contributed by atoms with Crippen LogP contribution in [0.4, 0.5) is 0 Å². The quantitative estimate of drug-likeness (QED) is 0.784. The van der Waals surface area contributed by atoms with Crippen molar-refractivity contribution in [3.05, 3.63) is 34.7 Å². The molecule has 1 aromatic rings. The van der Waals surface area contributed by atoms with E-state index in [0.717, 1.165) is 0 Å². The fourth-order valence-electron chi connectivity index (χ4n) is 2.08. The molecule has 1 N–H and O–H groups in total. The molecule has 0 fully saturated rings. The maximum absolute atomic E-state index is 12.2. The van der Waals surface area contributed by atoms with E-state index in [9.17, 15) is 14.4 Å². The van der Waals surface area contributed by atoms with E-state index < -0.39 is 5.97 Å². The fourth-order valence-corrected chi connectivity index (χ4v) is 2.08. The summed E-state index contributed by atoms with van der Waals surface area (Å²) in [6.07, 6.45) is 2.37. The van der Waals surface area contributed by atoms with Crippen molar-refractivity contribution >= 4 is 11.9 Å². The van der Waals surface area contributed by atoms with Gasteiger partial charge in [-0.15, -0.1) is 0 Å². The smallest absolute Gasteiger partial charge is 0.303 e. The van der Waals surface area contributed by atoms with Gasteiger partial charge in [-0.25, -0.2) is 0 Å². The molecular formula is C15H22N2O4. The topological polar surface area (TPSA) is 79.6 Å². The summed E-state index contributed by atoms with van der Waals surface area (Å²) in [5.74, 6) is -0.923. The summed E-state index contributed by atoms with van der Waals surface area (Å²) in [5, 5.41) is 8.64. The number of carboxylic acids is 1. The predicted molar refractivity (Wildman–Crippen MR) is 79.0 cm³/mol. The van der Waals surface area contributed by atoms with Gasteiger partial charge in [-0.2, -0.15) is 0 Å². The maximum Gasteiger partial charge on any atom is 0.303 e. The molecular weight excluding hydrogens is 272 g/mol. The normalized spacial score (nSPS) is 10.6. The van der Waals surface area contributed by atoms with E-state index >= 15 is 0 Å². The van der Waals surface area contributed by atoms with Gasteiger partial charge < -0.3 is 14.6 Å². The third-order valence-electron chi connectivity index (χ3n) is 3.20. The standard InChI is InChI=1S/C15H22N2O4/c1-12(2)17(10-5-7-15(20)21)14(19)8-11-16-9-4-3-6-13(16)18/h3-4,6,9,12H,5,7-8,10-11H2,1-2H3,(H,20,21). The Bertz CT molecular complexity index is 536. The number of carbonyl (C=O) groups excluding carboxylic acids is 1. The van der Waals surface area contributed by atoms with Crippen molar-refractivity contribution in [1.82, 2.24) is 9.47 Å². The monoisotopic (exact) mass is 294 g/mol. The molecule has 0 aliphatic carbocycles. The third-order valence-corrected chi connectivity index (χ3v) is 3.20. The van der Waals surface area contributed by atoms with E-state index in [1.807, 2.05) is 13.8 Å². The molecule has 0 aliphatic heterocycles. The van der Waals surface area contributed by atoms with Gasteiger partial charge in [0, 0.05) is 44.2 Å². The Morgan fingerprint density at radius 3 is 2.57 bits per heavy atom. The highest BCUT2D eigenvalue weighted by Gasteiger charge is 2.16. The van der Waals surface area contributed by atoms with Crippen molar-refractivity contribution in [1.29, 1.82) is 0 Å². The second-order valence-corrected chi connectivity index (χ2v) is 5.16. The van der Waals surface area contributed by atoms with Gasteiger partial charge in [0.1, 0.15) is 0 Å². The number of rotatable bonds is 8. The average molecular weight is 294 g/mol. The number of carbonyl (C=O) groups is 2. The number of hydrogen-bond acceptors (Lipinski definition) is 3. The molecule has 21 heavy (non-hydrogen) atoms. The molecule has 116 valence electrons. The molecule has 1 aromatic heterocycles. The summed E-state index contributed by atoms with van der Waals surface area (Å²) in [6.45, 7) is 4.55. The molecule has 0 atom stereocenters. The van der Waals surface area contributed by atoms with Crippen LogP contribution in [0, 0.1) is 0 Å². The zero-order valence-electron chi connectivity index (χ0n) is 12.5. The summed E-state index contributed by atoms with van der Waals surface area (Å²) in [5.41, 5.74) is -0.132. The Balaban J connectivity index is 2.55. The van der Waals surface area contributed by atoms with Gasteiger partial charge >= 0.3 is 5.97 Å². The highest BCUT2D eigenvalue weighted by molar-refractivity contribution is 5.76. The van der Waals surface area contributed by atoms with Crippen LogP contribution in [0.3, 0.4) is 0 Å². The summed E-state index contributed by atoms with van der Waals surface area (Å²) >= 11 is 0. The largest absolute Gasteiger partial charge is 0.481 e. The Hall–Kier alpha value is -2.11. The molecule has 1 heterocycles. The van der Waals surface area contributed by atoms with Gasteiger partial charge in [-0.05, 0) is 26.3 Å². The van der Waals surface area contributed by atoms with Gasteiger partial charge in [0.15, 0.2) is 0 Å². The van der Waals surface area contributed by atoms with E-state index in [0.29, 0.717) is 19.5 Å². The van der Waals surface area contributed by atoms with E-state index in [4.69, 9.17) is 5.11 Å². The summed E-state index contributed by atoms with van der Waals surface area (Å²) < 4.78 is 1.49. The van der Waals surface area contributed by atoms with Crippen LogP contribution in [0.25, 0.3) is 0 Å². The second kappa shape index (κ2) is 8.24. The molecule has 0 saturated carbocycles. The summed E-state index contributed by atoms with van der Waals surface area (Å²) in [4.78, 5) is 36.0. The van der Waals surface area contributed by atoms with Crippen molar-refractivity contribution in [2.75, 3.05) is 6.54 Å². The lowest BCUT2D eigenvalue weighted by molar-refractivity contribution is -0.138. The first-order valence-electron chi connectivity index (χ1n) is 7.08. The minimum Gasteiger partial charge on any atom is -0.481 e. The highest BCUT2D eigenvalue weighted by Crippen LogP contribution is 2.05. The van der Waals surface area contributed by atoms with Crippen LogP contribution in [0.2, 0.25) is 0 Å². The average Bonchev–Trinajstić information content (AvgIpc) is 2.41. The number of nitrogens with zero attached hydrogens (tertiary/aromatic N) is 2. The molecule has 1 amide bonds. The Labute approximate surface area is 124 Å². The third kappa shape index (κ3) is 5.81. The van der Waals surface area contributed by atoms with Crippen LogP contribution in [0.5, 0.6) is 0 Å². The van der Waals surface area contributed by atoms with Crippen molar-refractivity contribution in [2.24, 2.45) is 0 Å². The molecule has 0 saturated heterocycles. The molecule has 6 heteroatoms. The van der Waals surface area contributed by atoms with Crippen molar-refractivity contribution in [3.8, 4) is 0 Å². The predicted octanol–water partition coefficient (Wildman–Crippen LogP) is 1.34. The fraction of sp³-hybridized carbons (Fsp3) is 0.533. The minimum absolute atomic E-state index is 0.0128. The SMILES string of the molecule is CC(C)N(CCCC(=O)O)C(=O)CCn1ccccc1=O. The van der Waals surface area contributed by atoms with E-state index in [1.165, 1.54) is 10.6 Å². The molecule has 1 rings (SSSR count).